The predicted octanol–water partition coefficient (Wildman–Crippen LogP) is 4.79. The number of carbonyl (C=O) groups is 2. The summed E-state index contributed by atoms with van der Waals surface area (Å²) in [4.78, 5) is 30.1. The van der Waals surface area contributed by atoms with Crippen LogP contribution >= 0.6 is 0 Å². The summed E-state index contributed by atoms with van der Waals surface area (Å²) < 4.78 is 0. The molecule has 2 amide bonds. The fraction of sp³-hybridized carbons (Fsp3) is 0.500. The molecule has 3 rings (SSSR count). The van der Waals surface area contributed by atoms with E-state index in [0.29, 0.717) is 38.2 Å². The molecule has 0 bridgehead atoms. The van der Waals surface area contributed by atoms with E-state index in [1.807, 2.05) is 19.9 Å². The number of amides is 2. The topological polar surface area (TPSA) is 90.5 Å². The standard InChI is InChI=1S/C30H42N4O2/c1-4-5-17-34(28(35)21-27(31)23(2)3)30(29(32)36)15-18-33(19-16-30)22-26-13-11-25(12-14-26)20-24-9-7-6-8-10-24/h6-14,23,31H,4-5,15-22H2,1-3H3,(H2,32,36). The van der Waals surface area contributed by atoms with E-state index in [2.05, 4.69) is 60.4 Å². The first-order chi connectivity index (χ1) is 17.2. The van der Waals surface area contributed by atoms with Crippen LogP contribution in [0, 0.1) is 11.3 Å². The molecule has 1 aliphatic rings. The van der Waals surface area contributed by atoms with Crippen molar-refractivity contribution in [3.05, 3.63) is 71.3 Å². The van der Waals surface area contributed by atoms with Gasteiger partial charge in [-0.2, -0.15) is 0 Å². The Bertz CT molecular complexity index is 1010. The van der Waals surface area contributed by atoms with E-state index in [0.717, 1.165) is 25.8 Å². The van der Waals surface area contributed by atoms with Crippen molar-refractivity contribution in [2.45, 2.75) is 71.4 Å². The number of nitrogens with one attached hydrogen (secondary N) is 1. The number of hydrogen-bond acceptors (Lipinski definition) is 4. The summed E-state index contributed by atoms with van der Waals surface area (Å²) in [5.74, 6) is -0.566. The minimum Gasteiger partial charge on any atom is -0.368 e. The highest BCUT2D eigenvalue weighted by Gasteiger charge is 2.46. The van der Waals surface area contributed by atoms with Crippen molar-refractivity contribution >= 4 is 17.5 Å². The Hall–Kier alpha value is -2.99. The fourth-order valence-corrected chi connectivity index (χ4v) is 4.94. The lowest BCUT2D eigenvalue weighted by molar-refractivity contribution is -0.149. The van der Waals surface area contributed by atoms with Crippen molar-refractivity contribution in [2.75, 3.05) is 19.6 Å². The minimum atomic E-state index is -0.973. The maximum atomic E-state index is 13.3. The number of primary amides is 1. The molecule has 0 atom stereocenters. The Morgan fingerprint density at radius 3 is 2.14 bits per heavy atom. The summed E-state index contributed by atoms with van der Waals surface area (Å²) in [5.41, 5.74) is 9.23. The number of hydrogen-bond donors (Lipinski definition) is 2. The van der Waals surface area contributed by atoms with E-state index >= 15 is 0 Å². The Morgan fingerprint density at radius 2 is 1.58 bits per heavy atom. The molecule has 0 spiro atoms. The number of nitrogens with two attached hydrogens (primary N) is 1. The van der Waals surface area contributed by atoms with E-state index in [9.17, 15) is 9.59 Å². The molecule has 2 aromatic carbocycles. The van der Waals surface area contributed by atoms with Crippen LogP contribution in [0.15, 0.2) is 54.6 Å². The van der Waals surface area contributed by atoms with Crippen molar-refractivity contribution in [1.82, 2.24) is 9.80 Å². The number of unbranched alkanes of at least 4 members (excludes halogenated alkanes) is 1. The number of likely N-dealkylation sites (tertiary alicyclic amines) is 1. The molecule has 1 saturated heterocycles. The monoisotopic (exact) mass is 490 g/mol. The average Bonchev–Trinajstić information content (AvgIpc) is 2.87. The normalized spacial score (nSPS) is 15.6. The summed E-state index contributed by atoms with van der Waals surface area (Å²) >= 11 is 0. The largest absolute Gasteiger partial charge is 0.368 e. The molecule has 1 heterocycles. The number of rotatable bonds is 12. The van der Waals surface area contributed by atoms with E-state index < -0.39 is 11.4 Å². The number of nitrogens with zero attached hydrogens (tertiary/aromatic N) is 2. The van der Waals surface area contributed by atoms with E-state index in [1.54, 1.807) is 4.90 Å². The van der Waals surface area contributed by atoms with Gasteiger partial charge < -0.3 is 16.0 Å². The predicted molar refractivity (Wildman–Crippen MR) is 146 cm³/mol. The van der Waals surface area contributed by atoms with Gasteiger partial charge in [0, 0.05) is 31.9 Å². The van der Waals surface area contributed by atoms with Crippen LogP contribution in [-0.4, -0.2) is 52.5 Å². The third kappa shape index (κ3) is 7.03. The van der Waals surface area contributed by atoms with Crippen LogP contribution in [0.5, 0.6) is 0 Å². The molecule has 0 aliphatic carbocycles. The van der Waals surface area contributed by atoms with Crippen LogP contribution in [0.1, 0.15) is 69.6 Å². The van der Waals surface area contributed by atoms with Gasteiger partial charge in [-0.25, -0.2) is 0 Å². The molecule has 3 N–H and O–H groups in total. The van der Waals surface area contributed by atoms with Crippen LogP contribution < -0.4 is 5.73 Å². The van der Waals surface area contributed by atoms with Crippen LogP contribution in [0.3, 0.4) is 0 Å². The van der Waals surface area contributed by atoms with Crippen molar-refractivity contribution in [2.24, 2.45) is 11.7 Å². The molecule has 36 heavy (non-hydrogen) atoms. The number of carbonyl (C=O) groups excluding carboxylic acids is 2. The van der Waals surface area contributed by atoms with Crippen LogP contribution in [0.25, 0.3) is 0 Å². The van der Waals surface area contributed by atoms with Gasteiger partial charge in [0.15, 0.2) is 0 Å². The molecule has 1 fully saturated rings. The third-order valence-electron chi connectivity index (χ3n) is 7.41. The Kier molecular flexibility index (Phi) is 9.82. The zero-order valence-electron chi connectivity index (χ0n) is 22.1. The van der Waals surface area contributed by atoms with Crippen molar-refractivity contribution in [3.63, 3.8) is 0 Å². The lowest BCUT2D eigenvalue weighted by Crippen LogP contribution is -2.64. The Morgan fingerprint density at radius 1 is 1.00 bits per heavy atom. The average molecular weight is 491 g/mol. The molecule has 6 heteroatoms. The van der Waals surface area contributed by atoms with E-state index in [-0.39, 0.29) is 18.2 Å². The fourth-order valence-electron chi connectivity index (χ4n) is 4.94. The summed E-state index contributed by atoms with van der Waals surface area (Å²) in [7, 11) is 0. The van der Waals surface area contributed by atoms with Crippen LogP contribution in [0.4, 0.5) is 0 Å². The molecule has 0 saturated carbocycles. The first-order valence-corrected chi connectivity index (χ1v) is 13.3. The molecule has 1 aliphatic heterocycles. The highest BCUT2D eigenvalue weighted by molar-refractivity contribution is 6.02. The van der Waals surface area contributed by atoms with Gasteiger partial charge in [0.25, 0.3) is 0 Å². The SMILES string of the molecule is CCCCN(C(=O)CC(=N)C(C)C)C1(C(N)=O)CCN(Cc2ccc(Cc3ccccc3)cc2)CC1. The van der Waals surface area contributed by atoms with Gasteiger partial charge in [0.1, 0.15) is 5.54 Å². The zero-order chi connectivity index (χ0) is 26.1. The molecule has 194 valence electrons. The first-order valence-electron chi connectivity index (χ1n) is 13.3. The van der Waals surface area contributed by atoms with Crippen LogP contribution in [-0.2, 0) is 22.6 Å². The lowest BCUT2D eigenvalue weighted by atomic mass is 9.83. The van der Waals surface area contributed by atoms with E-state index in [1.165, 1.54) is 16.7 Å². The van der Waals surface area contributed by atoms with Crippen LogP contribution in [0.2, 0.25) is 0 Å². The molecular formula is C30H42N4O2. The van der Waals surface area contributed by atoms with Gasteiger partial charge in [-0.3, -0.25) is 14.5 Å². The molecule has 0 aromatic heterocycles. The summed E-state index contributed by atoms with van der Waals surface area (Å²) in [6, 6.07) is 19.2. The van der Waals surface area contributed by atoms with Crippen molar-refractivity contribution < 1.29 is 9.59 Å². The second-order valence-electron chi connectivity index (χ2n) is 10.4. The maximum Gasteiger partial charge on any atom is 0.243 e. The molecular weight excluding hydrogens is 448 g/mol. The molecule has 0 unspecified atom stereocenters. The molecule has 0 radical (unpaired) electrons. The second kappa shape index (κ2) is 12.8. The number of benzene rings is 2. The second-order valence-corrected chi connectivity index (χ2v) is 10.4. The van der Waals surface area contributed by atoms with Gasteiger partial charge in [-0.15, -0.1) is 0 Å². The van der Waals surface area contributed by atoms with Gasteiger partial charge in [0.2, 0.25) is 11.8 Å². The van der Waals surface area contributed by atoms with Crippen molar-refractivity contribution in [1.29, 1.82) is 5.41 Å². The van der Waals surface area contributed by atoms with Gasteiger partial charge in [-0.1, -0.05) is 81.8 Å². The smallest absolute Gasteiger partial charge is 0.243 e. The molecule has 6 nitrogen and oxygen atoms in total. The summed E-state index contributed by atoms with van der Waals surface area (Å²) in [5, 5.41) is 8.19. The van der Waals surface area contributed by atoms with Gasteiger partial charge in [0.05, 0.1) is 6.42 Å². The van der Waals surface area contributed by atoms with E-state index in [4.69, 9.17) is 11.1 Å². The summed E-state index contributed by atoms with van der Waals surface area (Å²) in [6.45, 7) is 8.63. The van der Waals surface area contributed by atoms with Gasteiger partial charge >= 0.3 is 0 Å². The number of piperidine rings is 1. The van der Waals surface area contributed by atoms with Gasteiger partial charge in [-0.05, 0) is 48.3 Å². The molecule has 2 aromatic rings. The maximum absolute atomic E-state index is 13.3. The Balaban J connectivity index is 1.65. The highest BCUT2D eigenvalue weighted by atomic mass is 16.2. The third-order valence-corrected chi connectivity index (χ3v) is 7.41. The lowest BCUT2D eigenvalue weighted by Gasteiger charge is -2.47. The zero-order valence-corrected chi connectivity index (χ0v) is 22.1. The quantitative estimate of drug-likeness (QED) is 0.419. The highest BCUT2D eigenvalue weighted by Crippen LogP contribution is 2.31. The first kappa shape index (κ1) is 27.6. The minimum absolute atomic E-state index is 0.00688. The summed E-state index contributed by atoms with van der Waals surface area (Å²) in [6.07, 6.45) is 3.76. The van der Waals surface area contributed by atoms with Crippen molar-refractivity contribution in [3.8, 4) is 0 Å². The Labute approximate surface area is 216 Å².